The third kappa shape index (κ3) is 4.04. The lowest BCUT2D eigenvalue weighted by molar-refractivity contribution is -0.139. The number of likely N-dealkylation sites (tertiary alicyclic amines) is 1. The van der Waals surface area contributed by atoms with Crippen LogP contribution in [0.2, 0.25) is 0 Å². The van der Waals surface area contributed by atoms with Crippen molar-refractivity contribution in [2.45, 2.75) is 43.6 Å². The number of halogens is 1. The number of aromatic nitrogens is 3. The lowest BCUT2D eigenvalue weighted by Gasteiger charge is -2.24. The van der Waals surface area contributed by atoms with Crippen LogP contribution in [0.25, 0.3) is 10.9 Å². The largest absolute Gasteiger partial charge is 0.364 e. The molecule has 170 valence electrons. The summed E-state index contributed by atoms with van der Waals surface area (Å²) in [5, 5.41) is 7.55. The molecule has 2 unspecified atom stereocenters. The van der Waals surface area contributed by atoms with Gasteiger partial charge in [0.2, 0.25) is 11.8 Å². The molecule has 1 saturated heterocycles. The quantitative estimate of drug-likeness (QED) is 0.583. The van der Waals surface area contributed by atoms with Gasteiger partial charge in [0.25, 0.3) is 5.91 Å². The number of nitrogens with two attached hydrogens (primary N) is 1. The number of benzene rings is 1. The van der Waals surface area contributed by atoms with Gasteiger partial charge < -0.3 is 16.0 Å². The zero-order valence-electron chi connectivity index (χ0n) is 17.7. The van der Waals surface area contributed by atoms with E-state index in [9.17, 15) is 18.8 Å². The maximum absolute atomic E-state index is 14.3. The first kappa shape index (κ1) is 21.0. The smallest absolute Gasteiger partial charge is 0.269 e. The molecule has 1 aromatic carbocycles. The second kappa shape index (κ2) is 8.27. The van der Waals surface area contributed by atoms with Crippen LogP contribution >= 0.6 is 0 Å². The van der Waals surface area contributed by atoms with Crippen molar-refractivity contribution in [3.8, 4) is 0 Å². The van der Waals surface area contributed by atoms with Crippen molar-refractivity contribution in [3.63, 3.8) is 0 Å². The van der Waals surface area contributed by atoms with Gasteiger partial charge in [-0.05, 0) is 18.1 Å². The SMILES string of the molecule is NC(=O)c1nn(CC(=O)N2C[C@H](F)C[C@H]2C(=O)NC2CC2c2ccccc2)c2ccncc12. The van der Waals surface area contributed by atoms with Crippen LogP contribution in [-0.2, 0) is 16.1 Å². The average Bonchev–Trinajstić information content (AvgIpc) is 3.30. The molecule has 4 atom stereocenters. The Balaban J connectivity index is 1.29. The number of hydrogen-bond donors (Lipinski definition) is 2. The predicted octanol–water partition coefficient (Wildman–Crippen LogP) is 1.14. The molecule has 3 heterocycles. The molecule has 33 heavy (non-hydrogen) atoms. The van der Waals surface area contributed by atoms with Gasteiger partial charge in [0.05, 0.1) is 17.4 Å². The van der Waals surface area contributed by atoms with E-state index in [1.807, 2.05) is 30.3 Å². The van der Waals surface area contributed by atoms with Crippen LogP contribution in [-0.4, -0.2) is 62.2 Å². The number of rotatable bonds is 6. The molecule has 1 aliphatic heterocycles. The molecule has 1 saturated carbocycles. The molecule has 3 aromatic rings. The molecule has 2 aliphatic rings. The van der Waals surface area contributed by atoms with E-state index in [4.69, 9.17) is 5.73 Å². The minimum absolute atomic E-state index is 0.00525. The van der Waals surface area contributed by atoms with Crippen molar-refractivity contribution in [2.75, 3.05) is 6.54 Å². The van der Waals surface area contributed by atoms with Gasteiger partial charge in [-0.1, -0.05) is 30.3 Å². The van der Waals surface area contributed by atoms with Crippen molar-refractivity contribution >= 4 is 28.6 Å². The van der Waals surface area contributed by atoms with Crippen LogP contribution in [0.1, 0.15) is 34.8 Å². The maximum Gasteiger partial charge on any atom is 0.269 e. The number of nitrogens with zero attached hydrogens (tertiary/aromatic N) is 4. The van der Waals surface area contributed by atoms with Gasteiger partial charge in [-0.3, -0.25) is 24.0 Å². The Labute approximate surface area is 188 Å². The summed E-state index contributed by atoms with van der Waals surface area (Å²) in [5.74, 6) is -1.31. The molecule has 3 N–H and O–H groups in total. The number of amides is 3. The summed E-state index contributed by atoms with van der Waals surface area (Å²) in [7, 11) is 0. The highest BCUT2D eigenvalue weighted by molar-refractivity contribution is 6.04. The summed E-state index contributed by atoms with van der Waals surface area (Å²) in [6.45, 7) is -0.409. The molecule has 1 aliphatic carbocycles. The number of carbonyl (C=O) groups is 3. The average molecular weight is 450 g/mol. The topological polar surface area (TPSA) is 123 Å². The maximum atomic E-state index is 14.3. The van der Waals surface area contributed by atoms with E-state index in [0.717, 1.165) is 12.0 Å². The zero-order valence-corrected chi connectivity index (χ0v) is 17.7. The molecule has 0 spiro atoms. The summed E-state index contributed by atoms with van der Waals surface area (Å²) >= 11 is 0. The van der Waals surface area contributed by atoms with Crippen molar-refractivity contribution in [1.82, 2.24) is 25.0 Å². The van der Waals surface area contributed by atoms with E-state index in [0.29, 0.717) is 10.9 Å². The molecule has 3 amide bonds. The van der Waals surface area contributed by atoms with Gasteiger partial charge in [-0.2, -0.15) is 5.10 Å². The first-order valence-corrected chi connectivity index (χ1v) is 10.8. The van der Waals surface area contributed by atoms with Gasteiger partial charge in [0.15, 0.2) is 5.69 Å². The number of pyridine rings is 1. The highest BCUT2D eigenvalue weighted by Crippen LogP contribution is 2.41. The van der Waals surface area contributed by atoms with Crippen molar-refractivity contribution < 1.29 is 18.8 Å². The summed E-state index contributed by atoms with van der Waals surface area (Å²) in [6.07, 6.45) is 2.45. The van der Waals surface area contributed by atoms with Crippen LogP contribution in [0.3, 0.4) is 0 Å². The number of fused-ring (bicyclic) bond motifs is 1. The fraction of sp³-hybridized carbons (Fsp3) is 0.348. The minimum atomic E-state index is -1.28. The molecule has 0 radical (unpaired) electrons. The summed E-state index contributed by atoms with van der Waals surface area (Å²) in [5.41, 5.74) is 7.05. The Hall–Kier alpha value is -3.82. The van der Waals surface area contributed by atoms with Crippen LogP contribution in [0.5, 0.6) is 0 Å². The zero-order chi connectivity index (χ0) is 23.1. The Morgan fingerprint density at radius 3 is 2.70 bits per heavy atom. The fourth-order valence-corrected chi connectivity index (χ4v) is 4.56. The highest BCUT2D eigenvalue weighted by atomic mass is 19.1. The standard InChI is InChI=1S/C23H23FN6O3/c24-14-8-19(23(33)27-17-9-15(17)13-4-2-1-3-5-13)29(11-14)20(31)12-30-18-6-7-26-10-16(18)21(28-30)22(25)32/h1-7,10,14-15,17,19H,8-9,11-12H2,(H2,25,32)(H,27,33)/t14-,15?,17?,19+/m1/s1. The van der Waals surface area contributed by atoms with Crippen LogP contribution < -0.4 is 11.1 Å². The lowest BCUT2D eigenvalue weighted by atomic mass is 10.1. The van der Waals surface area contributed by atoms with Gasteiger partial charge in [0.1, 0.15) is 18.8 Å². The summed E-state index contributed by atoms with van der Waals surface area (Å²) in [6, 6.07) is 10.6. The van der Waals surface area contributed by atoms with Crippen LogP contribution in [0.15, 0.2) is 48.8 Å². The third-order valence-corrected chi connectivity index (χ3v) is 6.29. The number of primary amides is 1. The number of alkyl halides is 1. The van der Waals surface area contributed by atoms with Gasteiger partial charge >= 0.3 is 0 Å². The second-order valence-corrected chi connectivity index (χ2v) is 8.53. The van der Waals surface area contributed by atoms with Crippen LogP contribution in [0.4, 0.5) is 4.39 Å². The normalized spacial score (nSPS) is 24.1. The lowest BCUT2D eigenvalue weighted by Crippen LogP contribution is -2.47. The predicted molar refractivity (Wildman–Crippen MR) is 117 cm³/mol. The number of carbonyl (C=O) groups excluding carboxylic acids is 3. The summed E-state index contributed by atoms with van der Waals surface area (Å²) in [4.78, 5) is 42.9. The number of hydrogen-bond acceptors (Lipinski definition) is 5. The van der Waals surface area contributed by atoms with E-state index in [1.54, 1.807) is 6.07 Å². The van der Waals surface area contributed by atoms with E-state index >= 15 is 0 Å². The van der Waals surface area contributed by atoms with Crippen molar-refractivity contribution in [3.05, 3.63) is 60.0 Å². The molecule has 2 aromatic heterocycles. The Bertz CT molecular complexity index is 1230. The van der Waals surface area contributed by atoms with E-state index in [-0.39, 0.29) is 43.1 Å². The Kier molecular flexibility index (Phi) is 5.27. The molecular formula is C23H23FN6O3. The van der Waals surface area contributed by atoms with Crippen LogP contribution in [0, 0.1) is 0 Å². The molecule has 2 fully saturated rings. The highest BCUT2D eigenvalue weighted by Gasteiger charge is 2.44. The molecule has 0 bridgehead atoms. The first-order valence-electron chi connectivity index (χ1n) is 10.8. The van der Waals surface area contributed by atoms with E-state index in [2.05, 4.69) is 15.4 Å². The first-order chi connectivity index (χ1) is 15.9. The minimum Gasteiger partial charge on any atom is -0.364 e. The summed E-state index contributed by atoms with van der Waals surface area (Å²) < 4.78 is 15.6. The van der Waals surface area contributed by atoms with Gasteiger partial charge in [0, 0.05) is 30.8 Å². The third-order valence-electron chi connectivity index (χ3n) is 6.29. The fourth-order valence-electron chi connectivity index (χ4n) is 4.56. The Morgan fingerprint density at radius 1 is 1.15 bits per heavy atom. The van der Waals surface area contributed by atoms with Crippen molar-refractivity contribution in [2.24, 2.45) is 5.73 Å². The van der Waals surface area contributed by atoms with E-state index < -0.39 is 24.0 Å². The molecule has 10 heteroatoms. The Morgan fingerprint density at radius 2 is 1.94 bits per heavy atom. The van der Waals surface area contributed by atoms with Crippen molar-refractivity contribution in [1.29, 1.82) is 0 Å². The second-order valence-electron chi connectivity index (χ2n) is 8.53. The molecule has 9 nitrogen and oxygen atoms in total. The van der Waals surface area contributed by atoms with Gasteiger partial charge in [-0.25, -0.2) is 4.39 Å². The van der Waals surface area contributed by atoms with E-state index in [1.165, 1.54) is 22.0 Å². The monoisotopic (exact) mass is 450 g/mol. The number of nitrogens with one attached hydrogen (secondary N) is 1. The van der Waals surface area contributed by atoms with Gasteiger partial charge in [-0.15, -0.1) is 0 Å². The molecule has 5 rings (SSSR count). The molecular weight excluding hydrogens is 427 g/mol.